The van der Waals surface area contributed by atoms with E-state index in [1.165, 1.54) is 25.0 Å². The maximum Gasteiger partial charge on any atom is 0.348 e. The van der Waals surface area contributed by atoms with Crippen LogP contribution in [0.3, 0.4) is 0 Å². The lowest BCUT2D eigenvalue weighted by molar-refractivity contribution is -0.154. The number of carbonyl (C=O) groups is 4. The fourth-order valence-electron chi connectivity index (χ4n) is 5.14. The van der Waals surface area contributed by atoms with Gasteiger partial charge in [0, 0.05) is 35.1 Å². The first-order chi connectivity index (χ1) is 16.8. The largest absolute Gasteiger partial charge is 0.384 e. The summed E-state index contributed by atoms with van der Waals surface area (Å²) >= 11 is 5.78. The van der Waals surface area contributed by atoms with Gasteiger partial charge >= 0.3 is 5.92 Å². The molecule has 14 heteroatoms. The molecule has 1 N–H and O–H groups in total. The molecule has 2 unspecified atom stereocenters. The molecule has 0 aliphatic carbocycles. The molecule has 2 aromatic rings. The van der Waals surface area contributed by atoms with Gasteiger partial charge in [-0.05, 0) is 29.7 Å². The average Bonchev–Trinajstić information content (AvgIpc) is 3.08. The number of fused-ring (bicyclic) bond motifs is 1. The highest BCUT2D eigenvalue weighted by atomic mass is 35.5. The third-order valence-electron chi connectivity index (χ3n) is 7.00. The molecule has 2 aromatic carbocycles. The van der Waals surface area contributed by atoms with E-state index in [1.54, 1.807) is 29.6 Å². The molecule has 182 valence electrons. The molecule has 2 aliphatic heterocycles. The molecule has 2 heterocycles. The van der Waals surface area contributed by atoms with Crippen molar-refractivity contribution in [1.82, 2.24) is 15.0 Å². The molecule has 0 aromatic heterocycles. The lowest BCUT2D eigenvalue weighted by atomic mass is 9.72. The number of benzene rings is 2. The van der Waals surface area contributed by atoms with Gasteiger partial charge in [0.2, 0.25) is 19.8 Å². The Bertz CT molecular complexity index is 1300. The second-order valence-electron chi connectivity index (χ2n) is 9.36. The molecule has 0 spiro atoms. The Hall–Kier alpha value is -3.07. The predicted molar refractivity (Wildman–Crippen MR) is 141 cm³/mol. The van der Waals surface area contributed by atoms with Crippen LogP contribution in [0.25, 0.3) is 0 Å². The summed E-state index contributed by atoms with van der Waals surface area (Å²) in [5.74, 6) is -6.76. The van der Waals surface area contributed by atoms with Crippen molar-refractivity contribution in [3.8, 4) is 0 Å². The number of nitrogens with zero attached hydrogens (tertiary/aromatic N) is 2. The first kappa shape index (κ1) is 26.0. The first-order valence-electron chi connectivity index (χ1n) is 11.5. The summed E-state index contributed by atoms with van der Waals surface area (Å²) in [4.78, 5) is 52.6. The Kier molecular flexibility index (Phi) is 6.81. The number of hydrogen-bond donors (Lipinski definition) is 1. The van der Waals surface area contributed by atoms with Gasteiger partial charge in [0.05, 0.1) is 0 Å². The van der Waals surface area contributed by atoms with Crippen molar-refractivity contribution in [3.05, 3.63) is 57.6 Å². The van der Waals surface area contributed by atoms with Crippen LogP contribution in [0, 0.1) is 0 Å². The van der Waals surface area contributed by atoms with E-state index in [0.29, 0.717) is 27.6 Å². The fourth-order valence-corrected chi connectivity index (χ4v) is 5.26. The van der Waals surface area contributed by atoms with Crippen LogP contribution in [-0.2, 0) is 26.9 Å². The van der Waals surface area contributed by atoms with E-state index in [-0.39, 0.29) is 36.2 Å². The molecule has 1 fully saturated rings. The van der Waals surface area contributed by atoms with Gasteiger partial charge in [-0.1, -0.05) is 40.7 Å². The average molecular weight is 509 g/mol. The van der Waals surface area contributed by atoms with E-state index in [4.69, 9.17) is 11.6 Å². The number of rotatable bonds is 5. The minimum atomic E-state index is -3.75. The summed E-state index contributed by atoms with van der Waals surface area (Å²) in [6.45, 7) is -0.0959. The van der Waals surface area contributed by atoms with Gasteiger partial charge in [0.1, 0.15) is 29.6 Å². The highest BCUT2D eigenvalue weighted by Gasteiger charge is 2.45. The van der Waals surface area contributed by atoms with Crippen molar-refractivity contribution < 1.29 is 28.0 Å². The second kappa shape index (κ2) is 9.42. The van der Waals surface area contributed by atoms with Gasteiger partial charge in [0.25, 0.3) is 11.8 Å². The van der Waals surface area contributed by atoms with Crippen LogP contribution in [0.4, 0.5) is 8.78 Å². The smallest absolute Gasteiger partial charge is 0.348 e. The molecule has 0 saturated carbocycles. The minimum absolute atomic E-state index is 0.0959. The molecule has 2 aliphatic rings. The number of piperidine rings is 1. The molecule has 2 atom stereocenters. The van der Waals surface area contributed by atoms with E-state index in [0.717, 1.165) is 16.9 Å². The zero-order chi connectivity index (χ0) is 26.5. The van der Waals surface area contributed by atoms with Crippen LogP contribution >= 0.6 is 11.6 Å². The Balaban J connectivity index is 1.62. The molecule has 0 bridgehead atoms. The fraction of sp³-hybridized carbons (Fsp3) is 0.273. The third kappa shape index (κ3) is 4.34. The topological polar surface area (TPSA) is 86.8 Å². The van der Waals surface area contributed by atoms with Crippen molar-refractivity contribution in [3.63, 3.8) is 0 Å². The lowest BCUT2D eigenvalue weighted by Crippen LogP contribution is -2.53. The Labute approximate surface area is 215 Å². The number of imide groups is 1. The first-order valence-corrected chi connectivity index (χ1v) is 11.9. The van der Waals surface area contributed by atoms with E-state index >= 15 is 0 Å². The number of halogens is 3. The zero-order valence-electron chi connectivity index (χ0n) is 20.3. The molecular weight excluding hydrogens is 487 g/mol. The van der Waals surface area contributed by atoms with Gasteiger partial charge in [-0.3, -0.25) is 24.5 Å². The monoisotopic (exact) mass is 509 g/mol. The Morgan fingerprint density at radius 2 is 1.83 bits per heavy atom. The molecular formula is C22H22B4ClF2N3O4. The second-order valence-corrected chi connectivity index (χ2v) is 9.80. The van der Waals surface area contributed by atoms with Crippen LogP contribution in [0.2, 0.25) is 5.02 Å². The summed E-state index contributed by atoms with van der Waals surface area (Å²) in [6, 6.07) is 5.79. The van der Waals surface area contributed by atoms with E-state index < -0.39 is 35.3 Å². The van der Waals surface area contributed by atoms with Gasteiger partial charge in [-0.2, -0.15) is 8.78 Å². The quantitative estimate of drug-likeness (QED) is 0.355. The number of alkyl halides is 2. The van der Waals surface area contributed by atoms with Gasteiger partial charge in [0.15, 0.2) is 0 Å². The molecule has 7 nitrogen and oxygen atoms in total. The van der Waals surface area contributed by atoms with Crippen molar-refractivity contribution in [2.75, 3.05) is 0 Å². The molecule has 4 amide bonds. The minimum Gasteiger partial charge on any atom is -0.384 e. The summed E-state index contributed by atoms with van der Waals surface area (Å²) in [7, 11) is 6.62. The summed E-state index contributed by atoms with van der Waals surface area (Å²) < 4.78 is 29.8. The van der Waals surface area contributed by atoms with Gasteiger partial charge in [-0.15, -0.1) is 0 Å². The van der Waals surface area contributed by atoms with Crippen LogP contribution < -0.4 is 16.2 Å². The van der Waals surface area contributed by atoms with E-state index in [2.05, 4.69) is 5.32 Å². The highest BCUT2D eigenvalue weighted by Crippen LogP contribution is 2.34. The molecule has 4 rings (SSSR count). The van der Waals surface area contributed by atoms with Crippen LogP contribution in [-0.4, -0.2) is 70.9 Å². The van der Waals surface area contributed by atoms with Crippen LogP contribution in [0.15, 0.2) is 30.3 Å². The van der Waals surface area contributed by atoms with E-state index in [1.807, 2.05) is 0 Å². The molecule has 36 heavy (non-hydrogen) atoms. The summed E-state index contributed by atoms with van der Waals surface area (Å²) in [5.41, 5.74) is 2.66. The predicted octanol–water partition coefficient (Wildman–Crippen LogP) is -2.58. The van der Waals surface area contributed by atoms with Gasteiger partial charge in [-0.25, -0.2) is 0 Å². The number of amides is 4. The van der Waals surface area contributed by atoms with Gasteiger partial charge < -0.3 is 9.71 Å². The maximum atomic E-state index is 14.9. The standard InChI is InChI=1S/C22H22B4ClF2N3O4/c23-12-7-9(8-31(26)21(36)22(28,29)10-1-3-11(27)4-2-10)17(24)16-15(12)20(35)32(18(16)25)13-5-6-14(33)30-19(13)34/h1-4,7,13,18H,5-6,8,23-26H2,(H,30,33,34). The molecule has 1 saturated heterocycles. The Morgan fingerprint density at radius 3 is 2.44 bits per heavy atom. The lowest BCUT2D eigenvalue weighted by Gasteiger charge is -2.33. The van der Waals surface area contributed by atoms with Crippen LogP contribution in [0.1, 0.15) is 45.8 Å². The maximum absolute atomic E-state index is 14.9. The number of nitrogens with one attached hydrogen (secondary N) is 1. The van der Waals surface area contributed by atoms with Crippen molar-refractivity contribution >= 4 is 77.7 Å². The van der Waals surface area contributed by atoms with Crippen molar-refractivity contribution in [1.29, 1.82) is 0 Å². The van der Waals surface area contributed by atoms with Crippen LogP contribution in [0.5, 0.6) is 0 Å². The number of carbonyl (C=O) groups excluding carboxylic acids is 4. The normalized spacial score (nSPS) is 19.8. The van der Waals surface area contributed by atoms with Crippen molar-refractivity contribution in [2.24, 2.45) is 0 Å². The SMILES string of the molecule is Bc1cc(CN(B)C(=O)C(F)(F)c2ccc(Cl)cc2)c(B)c2c1C(=O)N(C1CCC(=O)NC1=O)C2B. The van der Waals surface area contributed by atoms with E-state index in [9.17, 15) is 28.0 Å². The zero-order valence-corrected chi connectivity index (χ0v) is 21.1. The summed E-state index contributed by atoms with van der Waals surface area (Å²) in [5, 5.41) is 2.58. The van der Waals surface area contributed by atoms with Crippen molar-refractivity contribution in [2.45, 2.75) is 37.3 Å². The molecule has 0 radical (unpaired) electrons. The number of hydrogen-bond acceptors (Lipinski definition) is 4. The third-order valence-corrected chi connectivity index (χ3v) is 7.25. The highest BCUT2D eigenvalue weighted by molar-refractivity contribution is 6.43. The summed E-state index contributed by atoms with van der Waals surface area (Å²) in [6.07, 6.45) is 0.373. The Morgan fingerprint density at radius 1 is 1.19 bits per heavy atom.